The monoisotopic (exact) mass is 346 g/mol. The quantitative estimate of drug-likeness (QED) is 0.828. The molecular formula is C19H23ClN2O2. The summed E-state index contributed by atoms with van der Waals surface area (Å²) < 4.78 is 11.6. The van der Waals surface area contributed by atoms with Gasteiger partial charge in [0.05, 0.1) is 17.8 Å². The van der Waals surface area contributed by atoms with Gasteiger partial charge in [-0.15, -0.1) is 0 Å². The second-order valence-electron chi connectivity index (χ2n) is 6.51. The van der Waals surface area contributed by atoms with Gasteiger partial charge in [-0.25, -0.2) is 0 Å². The Bertz CT molecular complexity index is 701. The van der Waals surface area contributed by atoms with E-state index in [0.717, 1.165) is 48.0 Å². The van der Waals surface area contributed by atoms with Gasteiger partial charge in [0, 0.05) is 37.0 Å². The number of fused-ring (bicyclic) bond motifs is 1. The average molecular weight is 347 g/mol. The van der Waals surface area contributed by atoms with Crippen molar-refractivity contribution >= 4 is 11.6 Å². The predicted molar refractivity (Wildman–Crippen MR) is 96.8 cm³/mol. The van der Waals surface area contributed by atoms with Gasteiger partial charge in [0.25, 0.3) is 0 Å². The summed E-state index contributed by atoms with van der Waals surface area (Å²) in [6.45, 7) is 7.97. The highest BCUT2D eigenvalue weighted by atomic mass is 35.5. The summed E-state index contributed by atoms with van der Waals surface area (Å²) in [6, 6.07) is 7.90. The van der Waals surface area contributed by atoms with Gasteiger partial charge in [-0.1, -0.05) is 25.4 Å². The van der Waals surface area contributed by atoms with Gasteiger partial charge < -0.3 is 9.47 Å². The highest BCUT2D eigenvalue weighted by molar-refractivity contribution is 6.30. The van der Waals surface area contributed by atoms with Crippen LogP contribution in [0.5, 0.6) is 11.5 Å². The fourth-order valence-electron chi connectivity index (χ4n) is 3.06. The van der Waals surface area contributed by atoms with Crippen LogP contribution in [-0.2, 0) is 6.54 Å². The first-order valence-electron chi connectivity index (χ1n) is 8.25. The van der Waals surface area contributed by atoms with Crippen molar-refractivity contribution in [1.29, 1.82) is 0 Å². The molecule has 1 aliphatic rings. The Morgan fingerprint density at radius 1 is 1.33 bits per heavy atom. The third-order valence-corrected chi connectivity index (χ3v) is 4.27. The molecule has 0 aliphatic carbocycles. The number of hydrogen-bond donors (Lipinski definition) is 0. The third-order valence-electron chi connectivity index (χ3n) is 4.05. The van der Waals surface area contributed by atoms with Gasteiger partial charge in [-0.2, -0.15) is 0 Å². The predicted octanol–water partition coefficient (Wildman–Crippen LogP) is 4.26. The molecule has 0 atom stereocenters. The van der Waals surface area contributed by atoms with E-state index in [9.17, 15) is 0 Å². The van der Waals surface area contributed by atoms with Crippen molar-refractivity contribution < 1.29 is 9.47 Å². The Balaban J connectivity index is 1.99. The van der Waals surface area contributed by atoms with E-state index in [-0.39, 0.29) is 0 Å². The van der Waals surface area contributed by atoms with Gasteiger partial charge in [0.1, 0.15) is 6.61 Å². The van der Waals surface area contributed by atoms with Crippen molar-refractivity contribution in [2.75, 3.05) is 26.8 Å². The number of ether oxygens (including phenoxy) is 2. The van der Waals surface area contributed by atoms with Crippen LogP contribution in [0.4, 0.5) is 0 Å². The number of rotatable bonds is 4. The molecule has 0 unspecified atom stereocenters. The molecule has 5 heteroatoms. The number of aromatic nitrogens is 1. The zero-order chi connectivity index (χ0) is 17.1. The molecule has 1 aliphatic heterocycles. The van der Waals surface area contributed by atoms with Gasteiger partial charge in [0.2, 0.25) is 0 Å². The lowest BCUT2D eigenvalue weighted by Gasteiger charge is -2.21. The van der Waals surface area contributed by atoms with Gasteiger partial charge >= 0.3 is 0 Å². The van der Waals surface area contributed by atoms with Crippen molar-refractivity contribution in [2.24, 2.45) is 5.92 Å². The van der Waals surface area contributed by atoms with E-state index in [1.54, 1.807) is 13.3 Å². The topological polar surface area (TPSA) is 34.6 Å². The molecule has 0 N–H and O–H groups in total. The molecule has 128 valence electrons. The Morgan fingerprint density at radius 2 is 2.17 bits per heavy atom. The van der Waals surface area contributed by atoms with E-state index >= 15 is 0 Å². The largest absolute Gasteiger partial charge is 0.493 e. The van der Waals surface area contributed by atoms with E-state index in [1.807, 2.05) is 18.2 Å². The third kappa shape index (κ3) is 3.82. The Kier molecular flexibility index (Phi) is 5.27. The lowest BCUT2D eigenvalue weighted by Crippen LogP contribution is -2.29. The standard InChI is InChI=1S/C19H23ClN2O2/c1-13(2)11-22-6-7-24-19-15(12-22)8-14(9-18(19)23-3)17-5-4-16(20)10-21-17/h4-5,8-10,13H,6-7,11-12H2,1-3H3. The average Bonchev–Trinajstić information content (AvgIpc) is 2.75. The lowest BCUT2D eigenvalue weighted by atomic mass is 10.0. The summed E-state index contributed by atoms with van der Waals surface area (Å²) in [5, 5.41) is 0.631. The summed E-state index contributed by atoms with van der Waals surface area (Å²) in [6.07, 6.45) is 1.66. The van der Waals surface area contributed by atoms with Crippen molar-refractivity contribution in [3.05, 3.63) is 41.0 Å². The van der Waals surface area contributed by atoms with Crippen LogP contribution in [0.15, 0.2) is 30.5 Å². The summed E-state index contributed by atoms with van der Waals surface area (Å²) >= 11 is 5.95. The molecule has 0 fully saturated rings. The number of nitrogens with zero attached hydrogens (tertiary/aromatic N) is 2. The fraction of sp³-hybridized carbons (Fsp3) is 0.421. The zero-order valence-corrected chi connectivity index (χ0v) is 15.1. The fourth-order valence-corrected chi connectivity index (χ4v) is 3.17. The Hall–Kier alpha value is -1.78. The van der Waals surface area contributed by atoms with E-state index in [0.29, 0.717) is 17.5 Å². The van der Waals surface area contributed by atoms with Crippen molar-refractivity contribution in [3.63, 3.8) is 0 Å². The maximum absolute atomic E-state index is 5.98. The summed E-state index contributed by atoms with van der Waals surface area (Å²) in [4.78, 5) is 6.85. The molecule has 1 aromatic heterocycles. The van der Waals surface area contributed by atoms with Crippen LogP contribution in [0.25, 0.3) is 11.3 Å². The molecule has 4 nitrogen and oxygen atoms in total. The summed E-state index contributed by atoms with van der Waals surface area (Å²) in [5.74, 6) is 2.22. The maximum atomic E-state index is 5.98. The minimum Gasteiger partial charge on any atom is -0.493 e. The number of hydrogen-bond acceptors (Lipinski definition) is 4. The molecular weight excluding hydrogens is 324 g/mol. The van der Waals surface area contributed by atoms with Gasteiger partial charge in [0.15, 0.2) is 11.5 Å². The second kappa shape index (κ2) is 7.41. The zero-order valence-electron chi connectivity index (χ0n) is 14.4. The Morgan fingerprint density at radius 3 is 2.83 bits per heavy atom. The lowest BCUT2D eigenvalue weighted by molar-refractivity contribution is 0.205. The van der Waals surface area contributed by atoms with E-state index < -0.39 is 0 Å². The van der Waals surface area contributed by atoms with E-state index in [1.165, 1.54) is 0 Å². The van der Waals surface area contributed by atoms with E-state index in [2.05, 4.69) is 29.8 Å². The van der Waals surface area contributed by atoms with Crippen LogP contribution in [0.2, 0.25) is 5.02 Å². The first-order chi connectivity index (χ1) is 11.6. The molecule has 0 bridgehead atoms. The molecule has 2 aromatic rings. The number of methoxy groups -OCH3 is 1. The van der Waals surface area contributed by atoms with Crippen LogP contribution in [0.1, 0.15) is 19.4 Å². The summed E-state index contributed by atoms with van der Waals surface area (Å²) in [7, 11) is 1.68. The first-order valence-corrected chi connectivity index (χ1v) is 8.62. The molecule has 0 radical (unpaired) electrons. The molecule has 24 heavy (non-hydrogen) atoms. The van der Waals surface area contributed by atoms with Crippen LogP contribution < -0.4 is 9.47 Å². The minimum atomic E-state index is 0.620. The molecule has 3 rings (SSSR count). The smallest absolute Gasteiger partial charge is 0.165 e. The number of pyridine rings is 1. The maximum Gasteiger partial charge on any atom is 0.165 e. The molecule has 0 amide bonds. The molecule has 0 saturated carbocycles. The SMILES string of the molecule is COc1cc(-c2ccc(Cl)cn2)cc2c1OCCN(CC(C)C)C2. The molecule has 2 heterocycles. The Labute approximate surface area is 148 Å². The minimum absolute atomic E-state index is 0.620. The first kappa shape index (κ1) is 17.1. The van der Waals surface area contributed by atoms with Crippen molar-refractivity contribution in [2.45, 2.75) is 20.4 Å². The van der Waals surface area contributed by atoms with Crippen molar-refractivity contribution in [1.82, 2.24) is 9.88 Å². The van der Waals surface area contributed by atoms with Gasteiger partial charge in [-0.05, 0) is 30.2 Å². The van der Waals surface area contributed by atoms with Crippen LogP contribution in [0, 0.1) is 5.92 Å². The van der Waals surface area contributed by atoms with Crippen LogP contribution in [-0.4, -0.2) is 36.7 Å². The van der Waals surface area contributed by atoms with Crippen LogP contribution in [0.3, 0.4) is 0 Å². The second-order valence-corrected chi connectivity index (χ2v) is 6.94. The van der Waals surface area contributed by atoms with Gasteiger partial charge in [-0.3, -0.25) is 9.88 Å². The highest BCUT2D eigenvalue weighted by Crippen LogP contribution is 2.38. The van der Waals surface area contributed by atoms with Crippen molar-refractivity contribution in [3.8, 4) is 22.8 Å². The summed E-state index contributed by atoms with van der Waals surface area (Å²) in [5.41, 5.74) is 3.02. The molecule has 0 saturated heterocycles. The molecule has 0 spiro atoms. The number of halogens is 1. The number of benzene rings is 1. The molecule has 1 aromatic carbocycles. The van der Waals surface area contributed by atoms with Crippen LogP contribution >= 0.6 is 11.6 Å². The normalized spacial score (nSPS) is 14.9. The van der Waals surface area contributed by atoms with E-state index in [4.69, 9.17) is 21.1 Å². The highest BCUT2D eigenvalue weighted by Gasteiger charge is 2.21.